The highest BCUT2D eigenvalue weighted by atomic mass is 16.7. The van der Waals surface area contributed by atoms with Crippen molar-refractivity contribution >= 4 is 0 Å². The van der Waals surface area contributed by atoms with Crippen LogP contribution in [0.1, 0.15) is 71.9 Å². The van der Waals surface area contributed by atoms with Gasteiger partial charge in [0.15, 0.2) is 5.79 Å². The molecule has 2 saturated heterocycles. The Labute approximate surface area is 224 Å². The third-order valence-corrected chi connectivity index (χ3v) is 9.00. The summed E-state index contributed by atoms with van der Waals surface area (Å²) in [6.07, 6.45) is 3.57. The summed E-state index contributed by atoms with van der Waals surface area (Å²) in [6, 6.07) is 20.9. The summed E-state index contributed by atoms with van der Waals surface area (Å²) in [5.41, 5.74) is 1.89. The highest BCUT2D eigenvalue weighted by molar-refractivity contribution is 5.15. The van der Waals surface area contributed by atoms with E-state index in [0.717, 1.165) is 25.7 Å². The molecule has 37 heavy (non-hydrogen) atoms. The van der Waals surface area contributed by atoms with Crippen molar-refractivity contribution in [3.8, 4) is 0 Å². The summed E-state index contributed by atoms with van der Waals surface area (Å²) >= 11 is 0. The first-order chi connectivity index (χ1) is 17.7. The molecule has 2 aromatic carbocycles. The number of piperidine rings is 1. The maximum Gasteiger partial charge on any atom is 0.174 e. The molecule has 0 amide bonds. The van der Waals surface area contributed by atoms with Gasteiger partial charge in [0.2, 0.25) is 0 Å². The number of benzene rings is 2. The predicted octanol–water partition coefficient (Wildman–Crippen LogP) is 6.81. The van der Waals surface area contributed by atoms with E-state index in [4.69, 9.17) is 19.0 Å². The van der Waals surface area contributed by atoms with E-state index < -0.39 is 5.79 Å². The number of rotatable bonds is 10. The van der Waals surface area contributed by atoms with Gasteiger partial charge in [-0.15, -0.1) is 0 Å². The summed E-state index contributed by atoms with van der Waals surface area (Å²) < 4.78 is 19.6. The molecule has 5 heteroatoms. The van der Waals surface area contributed by atoms with Gasteiger partial charge in [0, 0.05) is 23.3 Å². The lowest BCUT2D eigenvalue weighted by molar-refractivity contribution is -0.410. The van der Waals surface area contributed by atoms with Crippen LogP contribution >= 0.6 is 0 Å². The summed E-state index contributed by atoms with van der Waals surface area (Å²) in [4.78, 5) is 6.64. The molecule has 2 aliphatic heterocycles. The van der Waals surface area contributed by atoms with Crippen LogP contribution in [0.3, 0.4) is 0 Å². The molecule has 0 saturated carbocycles. The lowest BCUT2D eigenvalue weighted by Crippen LogP contribution is -2.74. The van der Waals surface area contributed by atoms with Crippen LogP contribution in [0.5, 0.6) is 0 Å². The highest BCUT2D eigenvalue weighted by Gasteiger charge is 2.63. The van der Waals surface area contributed by atoms with Gasteiger partial charge < -0.3 is 14.2 Å². The fourth-order valence-corrected chi connectivity index (χ4v) is 6.04. The first-order valence-corrected chi connectivity index (χ1v) is 14.1. The van der Waals surface area contributed by atoms with Crippen molar-refractivity contribution in [2.75, 3.05) is 26.4 Å². The van der Waals surface area contributed by atoms with E-state index >= 15 is 0 Å². The molecule has 5 nitrogen and oxygen atoms in total. The lowest BCUT2D eigenvalue weighted by Gasteiger charge is -2.64. The topological polar surface area (TPSA) is 40.2 Å². The molecule has 2 fully saturated rings. The van der Waals surface area contributed by atoms with Gasteiger partial charge in [0.05, 0.1) is 38.6 Å². The fourth-order valence-electron chi connectivity index (χ4n) is 6.04. The third-order valence-electron chi connectivity index (χ3n) is 9.00. The fraction of sp³-hybridized carbons (Fsp3) is 0.625. The predicted molar refractivity (Wildman–Crippen MR) is 148 cm³/mol. The van der Waals surface area contributed by atoms with Crippen molar-refractivity contribution in [3.05, 3.63) is 71.8 Å². The number of hydrogen-bond donors (Lipinski definition) is 0. The van der Waals surface area contributed by atoms with Crippen molar-refractivity contribution in [2.45, 2.75) is 90.7 Å². The molecule has 204 valence electrons. The first kappa shape index (κ1) is 28.3. The second-order valence-corrected chi connectivity index (χ2v) is 12.0. The van der Waals surface area contributed by atoms with E-state index in [0.29, 0.717) is 33.0 Å². The summed E-state index contributed by atoms with van der Waals surface area (Å²) in [6.45, 7) is 16.7. The highest BCUT2D eigenvalue weighted by Crippen LogP contribution is 2.54. The minimum Gasteiger partial charge on any atom is -0.376 e. The molecule has 3 unspecified atom stereocenters. The van der Waals surface area contributed by atoms with Crippen LogP contribution in [0.2, 0.25) is 0 Å². The van der Waals surface area contributed by atoms with Gasteiger partial charge in [0.25, 0.3) is 0 Å². The van der Waals surface area contributed by atoms with Gasteiger partial charge in [-0.05, 0) is 44.2 Å². The van der Waals surface area contributed by atoms with Crippen molar-refractivity contribution in [3.63, 3.8) is 0 Å². The Bertz CT molecular complexity index is 975. The van der Waals surface area contributed by atoms with E-state index in [1.54, 1.807) is 0 Å². The zero-order valence-corrected chi connectivity index (χ0v) is 23.8. The van der Waals surface area contributed by atoms with Crippen LogP contribution in [0, 0.1) is 11.3 Å². The standard InChI is InChI=1S/C32H47NO4/c1-7-30(5)22-32(35-24-29(4,25-36-32)23-34-21-28-17-13-10-14-18-28)26(3)31(6,8-2)33(30)37-20-19-27-15-11-9-12-16-27/h9-18,26H,7-8,19-25H2,1-6H3. The summed E-state index contributed by atoms with van der Waals surface area (Å²) in [5, 5.41) is 2.31. The Kier molecular flexibility index (Phi) is 8.82. The number of hydrogen-bond acceptors (Lipinski definition) is 5. The van der Waals surface area contributed by atoms with Gasteiger partial charge in [-0.2, -0.15) is 5.06 Å². The molecule has 0 aromatic heterocycles. The van der Waals surface area contributed by atoms with Crippen LogP contribution in [0.15, 0.2) is 60.7 Å². The van der Waals surface area contributed by atoms with Gasteiger partial charge in [-0.3, -0.25) is 4.84 Å². The molecule has 0 bridgehead atoms. The maximum atomic E-state index is 6.77. The Hall–Kier alpha value is -1.76. The SMILES string of the molecule is CCC1(C)CC2(OCC(C)(COCc3ccccc3)CO2)C(C)C(C)(CC)N1OCCc1ccccc1. The van der Waals surface area contributed by atoms with Crippen molar-refractivity contribution in [1.29, 1.82) is 0 Å². The Morgan fingerprint density at radius 1 is 0.865 bits per heavy atom. The van der Waals surface area contributed by atoms with Gasteiger partial charge >= 0.3 is 0 Å². The van der Waals surface area contributed by atoms with Crippen LogP contribution in [-0.2, 0) is 32.1 Å². The molecule has 2 heterocycles. The van der Waals surface area contributed by atoms with E-state index in [9.17, 15) is 0 Å². The molecule has 0 aliphatic carbocycles. The van der Waals surface area contributed by atoms with E-state index in [1.807, 2.05) is 18.2 Å². The molecule has 4 rings (SSSR count). The molecular formula is C32H47NO4. The zero-order valence-electron chi connectivity index (χ0n) is 23.8. The van der Waals surface area contributed by atoms with Crippen LogP contribution in [-0.4, -0.2) is 48.4 Å². The molecule has 0 radical (unpaired) electrons. The van der Waals surface area contributed by atoms with E-state index in [-0.39, 0.29) is 22.4 Å². The number of hydroxylamine groups is 2. The lowest BCUT2D eigenvalue weighted by atomic mass is 9.67. The molecule has 1 spiro atoms. The minimum atomic E-state index is -0.631. The van der Waals surface area contributed by atoms with Crippen LogP contribution in [0.4, 0.5) is 0 Å². The summed E-state index contributed by atoms with van der Waals surface area (Å²) in [5.74, 6) is -0.496. The number of ether oxygens (including phenoxy) is 3. The van der Waals surface area contributed by atoms with Gasteiger partial charge in [-0.25, -0.2) is 0 Å². The van der Waals surface area contributed by atoms with E-state index in [2.05, 4.69) is 89.1 Å². The number of nitrogens with zero attached hydrogens (tertiary/aromatic N) is 1. The van der Waals surface area contributed by atoms with Crippen LogP contribution in [0.25, 0.3) is 0 Å². The van der Waals surface area contributed by atoms with Gasteiger partial charge in [-0.1, -0.05) is 88.4 Å². The van der Waals surface area contributed by atoms with E-state index in [1.165, 1.54) is 11.1 Å². The van der Waals surface area contributed by atoms with Crippen molar-refractivity contribution < 1.29 is 19.0 Å². The monoisotopic (exact) mass is 509 g/mol. The smallest absolute Gasteiger partial charge is 0.174 e. The minimum absolute atomic E-state index is 0.135. The Balaban J connectivity index is 1.43. The largest absolute Gasteiger partial charge is 0.376 e. The zero-order chi connectivity index (χ0) is 26.6. The second kappa shape index (κ2) is 11.5. The Morgan fingerprint density at radius 3 is 2.03 bits per heavy atom. The van der Waals surface area contributed by atoms with Crippen molar-refractivity contribution in [1.82, 2.24) is 5.06 Å². The quantitative estimate of drug-likeness (QED) is 0.352. The molecule has 0 N–H and O–H groups in total. The van der Waals surface area contributed by atoms with Crippen molar-refractivity contribution in [2.24, 2.45) is 11.3 Å². The Morgan fingerprint density at radius 2 is 1.46 bits per heavy atom. The first-order valence-electron chi connectivity index (χ1n) is 14.1. The maximum absolute atomic E-state index is 6.77. The summed E-state index contributed by atoms with van der Waals surface area (Å²) in [7, 11) is 0. The normalized spacial score (nSPS) is 34.6. The second-order valence-electron chi connectivity index (χ2n) is 12.0. The third kappa shape index (κ3) is 5.97. The average Bonchev–Trinajstić information content (AvgIpc) is 2.92. The average molecular weight is 510 g/mol. The molecular weight excluding hydrogens is 462 g/mol. The van der Waals surface area contributed by atoms with Crippen LogP contribution < -0.4 is 0 Å². The molecule has 2 aliphatic rings. The molecule has 2 aromatic rings. The van der Waals surface area contributed by atoms with Gasteiger partial charge in [0.1, 0.15) is 0 Å². The molecule has 3 atom stereocenters.